The minimum atomic E-state index is -0.661. The monoisotopic (exact) mass is 397 g/mol. The molecule has 8 heteroatoms. The molecule has 0 fully saturated rings. The van der Waals surface area contributed by atoms with Crippen molar-refractivity contribution in [2.75, 3.05) is 12.4 Å². The first-order valence-electron chi connectivity index (χ1n) is 6.97. The van der Waals surface area contributed by atoms with Crippen molar-refractivity contribution in [3.8, 4) is 5.75 Å². The zero-order valence-corrected chi connectivity index (χ0v) is 15.0. The lowest BCUT2D eigenvalue weighted by atomic mass is 10.1. The molecule has 0 saturated heterocycles. The summed E-state index contributed by atoms with van der Waals surface area (Å²) in [4.78, 5) is 24.4. The number of hydrogen-bond acceptors (Lipinski definition) is 4. The Morgan fingerprint density at radius 2 is 1.76 bits per heavy atom. The molecule has 0 atom stereocenters. The summed E-state index contributed by atoms with van der Waals surface area (Å²) in [6, 6.07) is 8.77. The van der Waals surface area contributed by atoms with Crippen molar-refractivity contribution in [3.05, 3.63) is 67.4 Å². The van der Waals surface area contributed by atoms with Gasteiger partial charge in [0.15, 0.2) is 0 Å². The molecule has 0 unspecified atom stereocenters. The molecule has 5 nitrogen and oxygen atoms in total. The molecule has 2 aromatic carbocycles. The van der Waals surface area contributed by atoms with Crippen molar-refractivity contribution in [3.63, 3.8) is 0 Å². The molecule has 25 heavy (non-hydrogen) atoms. The van der Waals surface area contributed by atoms with E-state index < -0.39 is 11.5 Å². The molecule has 0 radical (unpaired) electrons. The van der Waals surface area contributed by atoms with Crippen molar-refractivity contribution in [1.29, 1.82) is 0 Å². The van der Waals surface area contributed by atoms with Gasteiger partial charge in [-0.3, -0.25) is 4.79 Å². The molecule has 0 aliphatic carbocycles. The number of hydrogen-bond donors (Lipinski definition) is 1. The van der Waals surface area contributed by atoms with E-state index in [-0.39, 0.29) is 31.9 Å². The Balaban J connectivity index is 2.05. The molecule has 3 rings (SSSR count). The minimum Gasteiger partial charge on any atom is -0.497 e. The van der Waals surface area contributed by atoms with Crippen LogP contribution in [-0.4, -0.2) is 13.0 Å². The lowest BCUT2D eigenvalue weighted by Gasteiger charge is -2.10. The van der Waals surface area contributed by atoms with Crippen LogP contribution in [0.25, 0.3) is 11.0 Å². The molecule has 1 heterocycles. The van der Waals surface area contributed by atoms with Crippen LogP contribution in [0.4, 0.5) is 5.69 Å². The van der Waals surface area contributed by atoms with Gasteiger partial charge < -0.3 is 14.5 Å². The van der Waals surface area contributed by atoms with Crippen molar-refractivity contribution in [2.45, 2.75) is 0 Å². The second-order valence-corrected chi connectivity index (χ2v) is 6.26. The summed E-state index contributed by atoms with van der Waals surface area (Å²) in [5.74, 6) is -0.0379. The highest BCUT2D eigenvalue weighted by atomic mass is 35.5. The van der Waals surface area contributed by atoms with E-state index in [1.807, 2.05) is 0 Å². The van der Waals surface area contributed by atoms with Crippen molar-refractivity contribution >= 4 is 57.4 Å². The van der Waals surface area contributed by atoms with Gasteiger partial charge in [-0.05, 0) is 24.3 Å². The summed E-state index contributed by atoms with van der Waals surface area (Å²) in [7, 11) is 1.49. The average Bonchev–Trinajstić information content (AvgIpc) is 2.58. The topological polar surface area (TPSA) is 68.5 Å². The number of carbonyl (C=O) groups excluding carboxylic acids is 1. The molecule has 3 aromatic rings. The van der Waals surface area contributed by atoms with E-state index in [4.69, 9.17) is 44.0 Å². The SMILES string of the molecule is COc1ccc2c(C(=O)Nc3cc(Cl)c(Cl)cc3Cl)cc(=O)oc2c1. The maximum Gasteiger partial charge on any atom is 0.337 e. The molecular formula is C17H10Cl3NO4. The molecule has 0 aliphatic heterocycles. The number of amides is 1. The van der Waals surface area contributed by atoms with Crippen molar-refractivity contribution in [1.82, 2.24) is 0 Å². The van der Waals surface area contributed by atoms with Crippen LogP contribution < -0.4 is 15.7 Å². The molecule has 1 N–H and O–H groups in total. The Kier molecular flexibility index (Phi) is 4.90. The number of ether oxygens (including phenoxy) is 1. The van der Waals surface area contributed by atoms with E-state index in [2.05, 4.69) is 5.32 Å². The van der Waals surface area contributed by atoms with Gasteiger partial charge in [0.25, 0.3) is 5.91 Å². The number of rotatable bonds is 3. The highest BCUT2D eigenvalue weighted by Gasteiger charge is 2.16. The number of methoxy groups -OCH3 is 1. The van der Waals surface area contributed by atoms with E-state index in [0.29, 0.717) is 11.1 Å². The van der Waals surface area contributed by atoms with E-state index in [1.165, 1.54) is 25.3 Å². The summed E-state index contributed by atoms with van der Waals surface area (Å²) in [5.41, 5.74) is -0.0182. The quantitative estimate of drug-likeness (QED) is 0.497. The first kappa shape index (κ1) is 17.6. The average molecular weight is 399 g/mol. The summed E-state index contributed by atoms with van der Waals surface area (Å²) < 4.78 is 10.2. The Morgan fingerprint density at radius 3 is 2.48 bits per heavy atom. The Morgan fingerprint density at radius 1 is 1.04 bits per heavy atom. The normalized spacial score (nSPS) is 10.7. The fourth-order valence-electron chi connectivity index (χ4n) is 2.27. The zero-order valence-electron chi connectivity index (χ0n) is 12.7. The maximum absolute atomic E-state index is 12.6. The van der Waals surface area contributed by atoms with Gasteiger partial charge in [-0.15, -0.1) is 0 Å². The molecule has 0 spiro atoms. The third-order valence-corrected chi connectivity index (χ3v) is 4.49. The smallest absolute Gasteiger partial charge is 0.337 e. The minimum absolute atomic E-state index is 0.135. The van der Waals surface area contributed by atoms with Crippen LogP contribution in [0.15, 0.2) is 45.6 Å². The van der Waals surface area contributed by atoms with Crippen molar-refractivity contribution < 1.29 is 13.9 Å². The number of carbonyl (C=O) groups is 1. The van der Waals surface area contributed by atoms with Gasteiger partial charge >= 0.3 is 5.63 Å². The summed E-state index contributed by atoms with van der Waals surface area (Å²) in [5, 5.41) is 3.79. The third kappa shape index (κ3) is 3.58. The van der Waals surface area contributed by atoms with Crippen LogP contribution >= 0.6 is 34.8 Å². The zero-order chi connectivity index (χ0) is 18.1. The van der Waals surface area contributed by atoms with E-state index in [9.17, 15) is 9.59 Å². The second-order valence-electron chi connectivity index (χ2n) is 5.04. The number of benzene rings is 2. The maximum atomic E-state index is 12.6. The number of nitrogens with one attached hydrogen (secondary N) is 1. The number of halogens is 3. The Labute approximate surface area is 157 Å². The fourth-order valence-corrected chi connectivity index (χ4v) is 2.86. The van der Waals surface area contributed by atoms with Crippen LogP contribution in [0.3, 0.4) is 0 Å². The van der Waals surface area contributed by atoms with Crippen LogP contribution in [0.5, 0.6) is 5.75 Å². The highest BCUT2D eigenvalue weighted by molar-refractivity contribution is 6.44. The third-order valence-electron chi connectivity index (χ3n) is 3.45. The lowest BCUT2D eigenvalue weighted by Crippen LogP contribution is -2.15. The van der Waals surface area contributed by atoms with Crippen molar-refractivity contribution in [2.24, 2.45) is 0 Å². The molecule has 0 bridgehead atoms. The predicted molar refractivity (Wildman–Crippen MR) is 98.5 cm³/mol. The van der Waals surface area contributed by atoms with Gasteiger partial charge in [0.05, 0.1) is 33.4 Å². The second kappa shape index (κ2) is 6.96. The van der Waals surface area contributed by atoms with Gasteiger partial charge in [-0.2, -0.15) is 0 Å². The van der Waals surface area contributed by atoms with Crippen LogP contribution in [0.2, 0.25) is 15.1 Å². The van der Waals surface area contributed by atoms with E-state index in [1.54, 1.807) is 12.1 Å². The standard InChI is InChI=1S/C17H10Cl3NO4/c1-24-8-2-3-9-10(5-16(22)25-15(9)4-8)17(23)21-14-7-12(19)11(18)6-13(14)20/h2-7H,1H3,(H,21,23). The highest BCUT2D eigenvalue weighted by Crippen LogP contribution is 2.33. The van der Waals surface area contributed by atoms with Gasteiger partial charge in [0, 0.05) is 17.5 Å². The molecule has 0 saturated carbocycles. The first-order chi connectivity index (χ1) is 11.9. The number of anilines is 1. The molecule has 1 amide bonds. The first-order valence-corrected chi connectivity index (χ1v) is 8.10. The van der Waals surface area contributed by atoms with Gasteiger partial charge in [0.1, 0.15) is 11.3 Å². The summed E-state index contributed by atoms with van der Waals surface area (Å²) in [6.45, 7) is 0. The Bertz CT molecular complexity index is 1050. The predicted octanol–water partition coefficient (Wildman–Crippen LogP) is 5.01. The number of fused-ring (bicyclic) bond motifs is 1. The molecule has 1 aromatic heterocycles. The molecule has 128 valence electrons. The van der Waals surface area contributed by atoms with Crippen LogP contribution in [-0.2, 0) is 0 Å². The van der Waals surface area contributed by atoms with Crippen LogP contribution in [0, 0.1) is 0 Å². The van der Waals surface area contributed by atoms with Gasteiger partial charge in [-0.25, -0.2) is 4.79 Å². The van der Waals surface area contributed by atoms with E-state index >= 15 is 0 Å². The summed E-state index contributed by atoms with van der Waals surface area (Å²) in [6.07, 6.45) is 0. The van der Waals surface area contributed by atoms with Gasteiger partial charge in [0.2, 0.25) is 0 Å². The van der Waals surface area contributed by atoms with Crippen LogP contribution in [0.1, 0.15) is 10.4 Å². The molecular weight excluding hydrogens is 389 g/mol. The fraction of sp³-hybridized carbons (Fsp3) is 0.0588. The lowest BCUT2D eigenvalue weighted by molar-refractivity contribution is 0.102. The Hall–Kier alpha value is -2.21. The largest absolute Gasteiger partial charge is 0.497 e. The molecule has 0 aliphatic rings. The van der Waals surface area contributed by atoms with Gasteiger partial charge in [-0.1, -0.05) is 34.8 Å². The van der Waals surface area contributed by atoms with E-state index in [0.717, 1.165) is 6.07 Å². The summed E-state index contributed by atoms with van der Waals surface area (Å²) >= 11 is 17.9.